The molecule has 0 spiro atoms. The topological polar surface area (TPSA) is 371 Å². The van der Waals surface area contributed by atoms with E-state index in [0.29, 0.717) is 0 Å². The number of aliphatic hydroxyl groups excluding tert-OH is 13. The number of hydrogen-bond acceptors (Lipinski definition) is 24. The molecule has 7 heterocycles. The molecular weight excluding hydrogens is 744 g/mol. The number of rotatable bonds is 13. The fourth-order valence-electron chi connectivity index (χ4n) is 7.53. The van der Waals surface area contributed by atoms with Crippen molar-refractivity contribution in [3.63, 3.8) is 0 Å². The number of epoxide rings is 2. The summed E-state index contributed by atoms with van der Waals surface area (Å²) in [5.74, 6) is 0. The van der Waals surface area contributed by atoms with Crippen molar-refractivity contribution in [3.05, 3.63) is 0 Å². The summed E-state index contributed by atoms with van der Waals surface area (Å²) >= 11 is 0. The van der Waals surface area contributed by atoms with Gasteiger partial charge in [0.05, 0.1) is 33.0 Å². The highest BCUT2D eigenvalue weighted by molar-refractivity contribution is 5.07. The van der Waals surface area contributed by atoms with E-state index >= 15 is 0 Å². The monoisotopic (exact) mass is 792 g/mol. The molecule has 0 aromatic carbocycles. The van der Waals surface area contributed by atoms with Crippen LogP contribution in [0.1, 0.15) is 0 Å². The van der Waals surface area contributed by atoms with Crippen molar-refractivity contribution in [2.45, 2.75) is 154 Å². The van der Waals surface area contributed by atoms with Crippen molar-refractivity contribution in [1.29, 1.82) is 0 Å². The van der Waals surface area contributed by atoms with E-state index in [9.17, 15) is 66.4 Å². The molecule has 7 fully saturated rings. The second-order valence-electron chi connectivity index (χ2n) is 14.1. The Morgan fingerprint density at radius 2 is 0.648 bits per heavy atom. The fraction of sp³-hybridized carbons (Fsp3) is 1.00. The molecule has 0 saturated carbocycles. The maximum absolute atomic E-state index is 11.0. The predicted octanol–water partition coefficient (Wildman–Crippen LogP) is -9.83. The summed E-state index contributed by atoms with van der Waals surface area (Å²) in [6.07, 6.45) is -34.3. The number of fused-ring (bicyclic) bond motifs is 2. The molecule has 13 N–H and O–H groups in total. The largest absolute Gasteiger partial charge is 0.394 e. The van der Waals surface area contributed by atoms with Crippen LogP contribution >= 0.6 is 0 Å². The second kappa shape index (κ2) is 16.7. The molecule has 0 radical (unpaired) electrons. The number of ether oxygens (including phenoxy) is 11. The maximum Gasteiger partial charge on any atom is 0.187 e. The molecule has 24 nitrogen and oxygen atoms in total. The molecule has 0 aromatic heterocycles. The number of aliphatic hydroxyl groups is 13. The highest BCUT2D eigenvalue weighted by atomic mass is 16.8. The third kappa shape index (κ3) is 7.68. The highest BCUT2D eigenvalue weighted by Crippen LogP contribution is 2.46. The van der Waals surface area contributed by atoms with Crippen molar-refractivity contribution < 1.29 is 118 Å². The van der Waals surface area contributed by atoms with Gasteiger partial charge in [-0.25, -0.2) is 0 Å². The minimum Gasteiger partial charge on any atom is -0.394 e. The Morgan fingerprint density at radius 3 is 1.15 bits per heavy atom. The van der Waals surface area contributed by atoms with Crippen LogP contribution < -0.4 is 0 Å². The molecule has 7 aliphatic heterocycles. The first-order valence-electron chi connectivity index (χ1n) is 17.5. The van der Waals surface area contributed by atoms with Gasteiger partial charge >= 0.3 is 0 Å². The molecule has 1 unspecified atom stereocenters. The SMILES string of the molecule is OC[C@H]1O[C@H](O[C@H]2[C@@H]3O[C@@H]3[C@@H](O[C@H]3[C@@H]4O[C@@H]4[C@@H](O[C@H]4[C@H](O)[C@@H](O)[C@@H](O[C@H]5[C@H](O)[C@@H](O)C(O)O[C@@H]5CO)O[C@@H]4CO)O[C@@H]3CO)O[C@@H]2CO)[C@H](O)[C@@H](O)[C@@H]1O. The smallest absolute Gasteiger partial charge is 0.187 e. The molecule has 24 heteroatoms. The van der Waals surface area contributed by atoms with Crippen LogP contribution in [-0.2, 0) is 52.1 Å². The van der Waals surface area contributed by atoms with Gasteiger partial charge in [0, 0.05) is 0 Å². The number of hydrogen-bond donors (Lipinski definition) is 13. The summed E-state index contributed by atoms with van der Waals surface area (Å²) in [4.78, 5) is 0. The molecule has 7 saturated heterocycles. The molecule has 312 valence electrons. The molecule has 7 aliphatic rings. The maximum atomic E-state index is 11.0. The predicted molar refractivity (Wildman–Crippen MR) is 160 cm³/mol. The second-order valence-corrected chi connectivity index (χ2v) is 14.1. The van der Waals surface area contributed by atoms with Crippen LogP contribution in [0.5, 0.6) is 0 Å². The van der Waals surface area contributed by atoms with Gasteiger partial charge < -0.3 is 118 Å². The van der Waals surface area contributed by atoms with E-state index < -0.39 is 187 Å². The Morgan fingerprint density at radius 1 is 0.296 bits per heavy atom. The van der Waals surface area contributed by atoms with Crippen molar-refractivity contribution in [3.8, 4) is 0 Å². The van der Waals surface area contributed by atoms with Gasteiger partial charge in [0.2, 0.25) is 0 Å². The van der Waals surface area contributed by atoms with Gasteiger partial charge in [-0.3, -0.25) is 0 Å². The van der Waals surface area contributed by atoms with Gasteiger partial charge in [-0.2, -0.15) is 0 Å². The minimum absolute atomic E-state index is 0.616. The molecule has 0 aliphatic carbocycles. The van der Waals surface area contributed by atoms with Crippen LogP contribution in [0.3, 0.4) is 0 Å². The van der Waals surface area contributed by atoms with Gasteiger partial charge in [-0.1, -0.05) is 0 Å². The zero-order chi connectivity index (χ0) is 38.7. The van der Waals surface area contributed by atoms with Gasteiger partial charge in [0.1, 0.15) is 122 Å². The van der Waals surface area contributed by atoms with Crippen LogP contribution in [-0.4, -0.2) is 253 Å². The standard InChI is InChI=1S/C30H48O24/c31-1-6-11(36)12(37)16(41)27(45-6)53-20-9(4-34)48-30(25-22(20)49-25)54-21-10(5-35)47-29(24-23(21)50-24)52-19-8(3-33)46-28(17(42)14(19)39)51-18-7(2-32)44-26(43)15(40)13(18)38/h6-43H,1-5H2/t6-,7-,8-,9-,10-,11-,12+,13-,14-,15-,16-,17-,18-,19-,20-,21-,22+,23+,24+,25+,26?,27-,28-,29-,30-/m1/s1. The summed E-state index contributed by atoms with van der Waals surface area (Å²) in [5, 5.41) is 132. The quantitative estimate of drug-likeness (QED) is 0.0770. The third-order valence-corrected chi connectivity index (χ3v) is 10.7. The Hall–Kier alpha value is -0.960. The van der Waals surface area contributed by atoms with E-state index in [0.717, 1.165) is 0 Å². The molecular formula is C30H48O24. The molecule has 0 aromatic rings. The molecule has 0 amide bonds. The van der Waals surface area contributed by atoms with Gasteiger partial charge in [0.25, 0.3) is 0 Å². The van der Waals surface area contributed by atoms with Crippen molar-refractivity contribution in [2.75, 3.05) is 33.0 Å². The molecule has 0 bridgehead atoms. The van der Waals surface area contributed by atoms with E-state index in [4.69, 9.17) is 52.1 Å². The van der Waals surface area contributed by atoms with Crippen molar-refractivity contribution >= 4 is 0 Å². The van der Waals surface area contributed by atoms with Crippen LogP contribution in [0.25, 0.3) is 0 Å². The zero-order valence-electron chi connectivity index (χ0n) is 28.3. The lowest BCUT2D eigenvalue weighted by atomic mass is 9.96. The summed E-state index contributed by atoms with van der Waals surface area (Å²) in [5.41, 5.74) is 0. The lowest BCUT2D eigenvalue weighted by Gasteiger charge is -2.46. The highest BCUT2D eigenvalue weighted by Gasteiger charge is 2.65. The Bertz CT molecular complexity index is 1230. The zero-order valence-corrected chi connectivity index (χ0v) is 28.3. The lowest BCUT2D eigenvalue weighted by Crippen LogP contribution is -2.65. The first-order valence-corrected chi connectivity index (χ1v) is 17.5. The van der Waals surface area contributed by atoms with Gasteiger partial charge in [-0.05, 0) is 0 Å². The average molecular weight is 793 g/mol. The molecule has 54 heavy (non-hydrogen) atoms. The Balaban J connectivity index is 0.951. The van der Waals surface area contributed by atoms with E-state index in [2.05, 4.69) is 0 Å². The van der Waals surface area contributed by atoms with Crippen molar-refractivity contribution in [2.24, 2.45) is 0 Å². The Labute approximate surface area is 305 Å². The molecule has 25 atom stereocenters. The first-order chi connectivity index (χ1) is 25.8. The third-order valence-electron chi connectivity index (χ3n) is 10.7. The van der Waals surface area contributed by atoms with E-state index in [1.807, 2.05) is 0 Å². The summed E-state index contributed by atoms with van der Waals surface area (Å²) in [6, 6.07) is 0. The van der Waals surface area contributed by atoms with E-state index in [1.54, 1.807) is 0 Å². The minimum atomic E-state index is -1.89. The first kappa shape index (κ1) is 41.2. The average Bonchev–Trinajstić information content (AvgIpc) is 4.11. The van der Waals surface area contributed by atoms with Crippen LogP contribution in [0, 0.1) is 0 Å². The van der Waals surface area contributed by atoms with Gasteiger partial charge in [-0.15, -0.1) is 0 Å². The lowest BCUT2D eigenvalue weighted by molar-refractivity contribution is -0.369. The summed E-state index contributed by atoms with van der Waals surface area (Å²) in [7, 11) is 0. The van der Waals surface area contributed by atoms with E-state index in [-0.39, 0.29) is 0 Å². The Kier molecular flexibility index (Phi) is 12.8. The normalized spacial score (nSPS) is 55.8. The van der Waals surface area contributed by atoms with Crippen LogP contribution in [0.4, 0.5) is 0 Å². The van der Waals surface area contributed by atoms with Crippen molar-refractivity contribution in [1.82, 2.24) is 0 Å². The summed E-state index contributed by atoms with van der Waals surface area (Å²) < 4.78 is 62.8. The fourth-order valence-corrected chi connectivity index (χ4v) is 7.53. The van der Waals surface area contributed by atoms with Crippen LogP contribution in [0.2, 0.25) is 0 Å². The van der Waals surface area contributed by atoms with Gasteiger partial charge in [0.15, 0.2) is 31.5 Å². The molecule has 7 rings (SSSR count). The van der Waals surface area contributed by atoms with E-state index in [1.165, 1.54) is 0 Å². The van der Waals surface area contributed by atoms with Crippen LogP contribution in [0.15, 0.2) is 0 Å². The summed E-state index contributed by atoms with van der Waals surface area (Å²) in [6.45, 7) is -3.48.